The van der Waals surface area contributed by atoms with Gasteiger partial charge >= 0.3 is 5.97 Å². The molecule has 0 saturated carbocycles. The van der Waals surface area contributed by atoms with Crippen LogP contribution in [-0.2, 0) is 24.2 Å². The van der Waals surface area contributed by atoms with E-state index < -0.39 is 5.97 Å². The lowest BCUT2D eigenvalue weighted by Crippen LogP contribution is -2.37. The van der Waals surface area contributed by atoms with Crippen molar-refractivity contribution < 1.29 is 19.4 Å². The van der Waals surface area contributed by atoms with Crippen molar-refractivity contribution in [3.63, 3.8) is 0 Å². The zero-order valence-corrected chi connectivity index (χ0v) is 14.9. The summed E-state index contributed by atoms with van der Waals surface area (Å²) in [5.74, 6) is -0.173. The molecule has 1 heterocycles. The van der Waals surface area contributed by atoms with E-state index in [9.17, 15) is 14.7 Å². The van der Waals surface area contributed by atoms with Gasteiger partial charge in [-0.05, 0) is 47.7 Å². The number of aromatic carboxylic acids is 1. The van der Waals surface area contributed by atoms with Gasteiger partial charge in [-0.15, -0.1) is 0 Å². The van der Waals surface area contributed by atoms with Gasteiger partial charge in [-0.25, -0.2) is 4.79 Å². The summed E-state index contributed by atoms with van der Waals surface area (Å²) in [4.78, 5) is 25.8. The smallest absolute Gasteiger partial charge is 0.335 e. The molecule has 1 N–H and O–H groups in total. The molecule has 1 aliphatic rings. The van der Waals surface area contributed by atoms with Crippen molar-refractivity contribution in [2.24, 2.45) is 0 Å². The van der Waals surface area contributed by atoms with Crippen LogP contribution in [0.5, 0.6) is 5.75 Å². The van der Waals surface area contributed by atoms with Crippen molar-refractivity contribution in [2.45, 2.75) is 32.7 Å². The normalized spacial score (nSPS) is 13.2. The predicted octanol–water partition coefficient (Wildman–Crippen LogP) is 3.30. The Morgan fingerprint density at radius 1 is 1.15 bits per heavy atom. The lowest BCUT2D eigenvalue weighted by molar-refractivity contribution is -0.131. The first-order valence-electron chi connectivity index (χ1n) is 8.92. The van der Waals surface area contributed by atoms with Gasteiger partial charge in [0.2, 0.25) is 5.91 Å². The highest BCUT2D eigenvalue weighted by atomic mass is 16.5. The Hall–Kier alpha value is -2.82. The SMILES string of the molecule is CCCOc1ccc2c(c1)CCN(C(=O)Cc1ccccc1C(=O)O)C2. The fourth-order valence-corrected chi connectivity index (χ4v) is 3.21. The highest BCUT2D eigenvalue weighted by Crippen LogP contribution is 2.24. The van der Waals surface area contributed by atoms with E-state index in [2.05, 4.69) is 13.0 Å². The van der Waals surface area contributed by atoms with Crippen LogP contribution in [0.15, 0.2) is 42.5 Å². The molecule has 1 aliphatic heterocycles. The Labute approximate surface area is 153 Å². The largest absolute Gasteiger partial charge is 0.494 e. The molecule has 0 atom stereocenters. The second kappa shape index (κ2) is 8.04. The van der Waals surface area contributed by atoms with E-state index in [0.29, 0.717) is 25.3 Å². The number of ether oxygens (including phenoxy) is 1. The van der Waals surface area contributed by atoms with E-state index in [1.54, 1.807) is 23.1 Å². The number of hydrogen-bond acceptors (Lipinski definition) is 3. The summed E-state index contributed by atoms with van der Waals surface area (Å²) in [6, 6.07) is 12.7. The summed E-state index contributed by atoms with van der Waals surface area (Å²) in [7, 11) is 0. The summed E-state index contributed by atoms with van der Waals surface area (Å²) < 4.78 is 5.67. The predicted molar refractivity (Wildman–Crippen MR) is 98.5 cm³/mol. The second-order valence-corrected chi connectivity index (χ2v) is 6.48. The maximum absolute atomic E-state index is 12.7. The number of carboxylic acids is 1. The van der Waals surface area contributed by atoms with Crippen LogP contribution in [-0.4, -0.2) is 35.0 Å². The van der Waals surface area contributed by atoms with Crippen LogP contribution in [0.1, 0.15) is 40.4 Å². The Balaban J connectivity index is 1.69. The van der Waals surface area contributed by atoms with Crippen molar-refractivity contribution in [3.05, 3.63) is 64.7 Å². The minimum absolute atomic E-state index is 0.0457. The molecule has 5 nitrogen and oxygen atoms in total. The first-order chi connectivity index (χ1) is 12.6. The summed E-state index contributed by atoms with van der Waals surface area (Å²) in [5.41, 5.74) is 3.09. The third kappa shape index (κ3) is 4.04. The van der Waals surface area contributed by atoms with Gasteiger partial charge in [-0.3, -0.25) is 4.79 Å². The van der Waals surface area contributed by atoms with Crippen LogP contribution in [0, 0.1) is 0 Å². The first kappa shape index (κ1) is 18.0. The molecular formula is C21H23NO4. The van der Waals surface area contributed by atoms with Crippen LogP contribution >= 0.6 is 0 Å². The molecule has 0 fully saturated rings. The Bertz CT molecular complexity index is 815. The standard InChI is InChI=1S/C21H23NO4/c1-2-11-26-18-8-7-17-14-22(10-9-15(17)12-18)20(23)13-16-5-3-4-6-19(16)21(24)25/h3-8,12H,2,9-11,13-14H2,1H3,(H,24,25). The van der Waals surface area contributed by atoms with Gasteiger partial charge in [0.05, 0.1) is 18.6 Å². The van der Waals surface area contributed by atoms with E-state index in [1.165, 1.54) is 11.6 Å². The fourth-order valence-electron chi connectivity index (χ4n) is 3.21. The molecule has 2 aromatic rings. The molecule has 0 radical (unpaired) electrons. The van der Waals surface area contributed by atoms with E-state index in [4.69, 9.17) is 4.74 Å². The van der Waals surface area contributed by atoms with Crippen molar-refractivity contribution in [2.75, 3.05) is 13.2 Å². The molecule has 0 bridgehead atoms. The van der Waals surface area contributed by atoms with Gasteiger partial charge in [0.15, 0.2) is 0 Å². The second-order valence-electron chi connectivity index (χ2n) is 6.48. The monoisotopic (exact) mass is 353 g/mol. The minimum atomic E-state index is -1.00. The highest BCUT2D eigenvalue weighted by molar-refractivity contribution is 5.91. The zero-order chi connectivity index (χ0) is 18.5. The molecule has 0 aromatic heterocycles. The maximum atomic E-state index is 12.7. The summed E-state index contributed by atoms with van der Waals surface area (Å²) in [6.07, 6.45) is 1.86. The summed E-state index contributed by atoms with van der Waals surface area (Å²) >= 11 is 0. The zero-order valence-electron chi connectivity index (χ0n) is 14.9. The Kier molecular flexibility index (Phi) is 5.56. The van der Waals surface area contributed by atoms with Crippen LogP contribution < -0.4 is 4.74 Å². The number of carbonyl (C=O) groups is 2. The summed E-state index contributed by atoms with van der Waals surface area (Å²) in [5, 5.41) is 9.27. The molecule has 2 aromatic carbocycles. The van der Waals surface area contributed by atoms with E-state index in [0.717, 1.165) is 24.2 Å². The number of carbonyl (C=O) groups excluding carboxylic acids is 1. The molecule has 0 spiro atoms. The summed E-state index contributed by atoms with van der Waals surface area (Å²) in [6.45, 7) is 3.96. The molecule has 0 saturated heterocycles. The van der Waals surface area contributed by atoms with Crippen molar-refractivity contribution in [1.82, 2.24) is 4.90 Å². The molecular weight excluding hydrogens is 330 g/mol. The van der Waals surface area contributed by atoms with Crippen LogP contribution in [0.25, 0.3) is 0 Å². The third-order valence-corrected chi connectivity index (χ3v) is 4.61. The number of carboxylic acid groups (broad SMARTS) is 1. The molecule has 1 amide bonds. The average Bonchev–Trinajstić information content (AvgIpc) is 2.66. The van der Waals surface area contributed by atoms with Crippen LogP contribution in [0.3, 0.4) is 0 Å². The number of rotatable bonds is 6. The highest BCUT2D eigenvalue weighted by Gasteiger charge is 2.22. The quantitative estimate of drug-likeness (QED) is 0.865. The fraction of sp³-hybridized carbons (Fsp3) is 0.333. The average molecular weight is 353 g/mol. The van der Waals surface area contributed by atoms with E-state index in [1.807, 2.05) is 12.1 Å². The molecule has 5 heteroatoms. The van der Waals surface area contributed by atoms with Gasteiger partial charge < -0.3 is 14.7 Å². The van der Waals surface area contributed by atoms with Gasteiger partial charge in [-0.1, -0.05) is 31.2 Å². The van der Waals surface area contributed by atoms with Crippen molar-refractivity contribution >= 4 is 11.9 Å². The lowest BCUT2D eigenvalue weighted by Gasteiger charge is -2.29. The van der Waals surface area contributed by atoms with Gasteiger partial charge in [0.1, 0.15) is 5.75 Å². The van der Waals surface area contributed by atoms with Crippen LogP contribution in [0.2, 0.25) is 0 Å². The number of nitrogens with zero attached hydrogens (tertiary/aromatic N) is 1. The van der Waals surface area contributed by atoms with Gasteiger partial charge in [0, 0.05) is 13.1 Å². The van der Waals surface area contributed by atoms with Crippen molar-refractivity contribution in [1.29, 1.82) is 0 Å². The molecule has 0 aliphatic carbocycles. The van der Waals surface area contributed by atoms with Gasteiger partial charge in [0.25, 0.3) is 0 Å². The lowest BCUT2D eigenvalue weighted by atomic mass is 9.98. The van der Waals surface area contributed by atoms with Crippen LogP contribution in [0.4, 0.5) is 0 Å². The number of benzene rings is 2. The van der Waals surface area contributed by atoms with Crippen molar-refractivity contribution in [3.8, 4) is 5.75 Å². The Morgan fingerprint density at radius 2 is 1.96 bits per heavy atom. The number of amides is 1. The molecule has 0 unspecified atom stereocenters. The first-order valence-corrected chi connectivity index (χ1v) is 8.92. The van der Waals surface area contributed by atoms with E-state index in [-0.39, 0.29) is 17.9 Å². The molecule has 136 valence electrons. The minimum Gasteiger partial charge on any atom is -0.494 e. The molecule has 3 rings (SSSR count). The third-order valence-electron chi connectivity index (χ3n) is 4.61. The van der Waals surface area contributed by atoms with Gasteiger partial charge in [-0.2, -0.15) is 0 Å². The number of fused-ring (bicyclic) bond motifs is 1. The van der Waals surface area contributed by atoms with E-state index >= 15 is 0 Å². The molecule has 26 heavy (non-hydrogen) atoms. The topological polar surface area (TPSA) is 66.8 Å². The maximum Gasteiger partial charge on any atom is 0.335 e. The Morgan fingerprint density at radius 3 is 2.73 bits per heavy atom. The number of hydrogen-bond donors (Lipinski definition) is 1.